The SMILES string of the molecule is Cc1ccc(CN(C)C(=O)CSc2nnc(COc3cccc(C)c3)o2)cc1. The molecule has 6 nitrogen and oxygen atoms in total. The van der Waals surface area contributed by atoms with Gasteiger partial charge in [-0.1, -0.05) is 53.7 Å². The Hall–Kier alpha value is -2.80. The number of benzene rings is 2. The zero-order valence-corrected chi connectivity index (χ0v) is 17.0. The van der Waals surface area contributed by atoms with E-state index in [-0.39, 0.29) is 18.3 Å². The highest BCUT2D eigenvalue weighted by Crippen LogP contribution is 2.19. The van der Waals surface area contributed by atoms with Crippen molar-refractivity contribution in [2.45, 2.75) is 32.2 Å². The Kier molecular flexibility index (Phi) is 6.71. The highest BCUT2D eigenvalue weighted by molar-refractivity contribution is 7.99. The molecule has 0 saturated heterocycles. The van der Waals surface area contributed by atoms with Gasteiger partial charge in [0, 0.05) is 13.6 Å². The first-order valence-corrected chi connectivity index (χ1v) is 9.92. The summed E-state index contributed by atoms with van der Waals surface area (Å²) in [6.45, 7) is 4.80. The molecule has 0 aliphatic heterocycles. The smallest absolute Gasteiger partial charge is 0.277 e. The number of hydrogen-bond acceptors (Lipinski definition) is 6. The van der Waals surface area contributed by atoms with Crippen molar-refractivity contribution in [3.63, 3.8) is 0 Å². The van der Waals surface area contributed by atoms with Gasteiger partial charge in [0.2, 0.25) is 5.91 Å². The number of aromatic nitrogens is 2. The van der Waals surface area contributed by atoms with E-state index in [0.717, 1.165) is 16.9 Å². The van der Waals surface area contributed by atoms with Gasteiger partial charge in [0.1, 0.15) is 5.75 Å². The number of carbonyl (C=O) groups excluding carboxylic acids is 1. The molecule has 0 bridgehead atoms. The quantitative estimate of drug-likeness (QED) is 0.535. The number of ether oxygens (including phenoxy) is 1. The van der Waals surface area contributed by atoms with Crippen LogP contribution in [0.1, 0.15) is 22.6 Å². The van der Waals surface area contributed by atoms with Crippen LogP contribution in [0.15, 0.2) is 58.2 Å². The number of amides is 1. The van der Waals surface area contributed by atoms with Crippen molar-refractivity contribution in [2.24, 2.45) is 0 Å². The minimum absolute atomic E-state index is 0.00124. The summed E-state index contributed by atoms with van der Waals surface area (Å²) >= 11 is 1.23. The van der Waals surface area contributed by atoms with Crippen molar-refractivity contribution >= 4 is 17.7 Å². The topological polar surface area (TPSA) is 68.5 Å². The normalized spacial score (nSPS) is 10.7. The van der Waals surface area contributed by atoms with Crippen LogP contribution in [0.3, 0.4) is 0 Å². The van der Waals surface area contributed by atoms with Gasteiger partial charge in [-0.2, -0.15) is 0 Å². The first-order chi connectivity index (χ1) is 13.5. The molecule has 0 unspecified atom stereocenters. The molecule has 0 aliphatic rings. The van der Waals surface area contributed by atoms with E-state index < -0.39 is 0 Å². The Morgan fingerprint density at radius 2 is 1.89 bits per heavy atom. The summed E-state index contributed by atoms with van der Waals surface area (Å²) < 4.78 is 11.2. The molecule has 146 valence electrons. The molecule has 0 radical (unpaired) electrons. The lowest BCUT2D eigenvalue weighted by Gasteiger charge is -2.16. The summed E-state index contributed by atoms with van der Waals surface area (Å²) in [7, 11) is 1.79. The molecule has 1 heterocycles. The summed E-state index contributed by atoms with van der Waals surface area (Å²) in [6.07, 6.45) is 0. The van der Waals surface area contributed by atoms with E-state index in [1.54, 1.807) is 11.9 Å². The molecule has 3 aromatic rings. The molecule has 0 spiro atoms. The van der Waals surface area contributed by atoms with Crippen molar-refractivity contribution in [1.82, 2.24) is 15.1 Å². The second-order valence-corrected chi connectivity index (χ2v) is 7.52. The summed E-state index contributed by atoms with van der Waals surface area (Å²) in [5, 5.41) is 8.29. The summed E-state index contributed by atoms with van der Waals surface area (Å²) in [5.74, 6) is 1.37. The van der Waals surface area contributed by atoms with E-state index in [4.69, 9.17) is 9.15 Å². The van der Waals surface area contributed by atoms with Crippen LogP contribution in [-0.2, 0) is 17.9 Å². The van der Waals surface area contributed by atoms with Crippen LogP contribution in [0.2, 0.25) is 0 Å². The predicted octanol–water partition coefficient (Wildman–Crippen LogP) is 4.02. The number of nitrogens with zero attached hydrogens (tertiary/aromatic N) is 3. The first-order valence-electron chi connectivity index (χ1n) is 8.94. The maximum absolute atomic E-state index is 12.3. The van der Waals surface area contributed by atoms with Crippen LogP contribution >= 0.6 is 11.8 Å². The number of aryl methyl sites for hydroxylation is 2. The molecular formula is C21H23N3O3S. The van der Waals surface area contributed by atoms with Gasteiger partial charge in [0.25, 0.3) is 11.1 Å². The van der Waals surface area contributed by atoms with Gasteiger partial charge in [-0.15, -0.1) is 10.2 Å². The van der Waals surface area contributed by atoms with Gasteiger partial charge in [0.15, 0.2) is 6.61 Å². The minimum atomic E-state index is 0.00124. The number of hydrogen-bond donors (Lipinski definition) is 0. The molecule has 0 N–H and O–H groups in total. The van der Waals surface area contributed by atoms with Gasteiger partial charge in [-0.3, -0.25) is 4.79 Å². The van der Waals surface area contributed by atoms with Crippen LogP contribution in [0.4, 0.5) is 0 Å². The van der Waals surface area contributed by atoms with Gasteiger partial charge in [-0.05, 0) is 37.1 Å². The maximum Gasteiger partial charge on any atom is 0.277 e. The van der Waals surface area contributed by atoms with Crippen molar-refractivity contribution in [2.75, 3.05) is 12.8 Å². The Bertz CT molecular complexity index is 925. The number of thioether (sulfide) groups is 1. The standard InChI is InChI=1S/C21H23N3O3S/c1-15-7-9-17(10-8-15)12-24(3)20(25)14-28-21-23-22-19(27-21)13-26-18-6-4-5-16(2)11-18/h4-11H,12-14H2,1-3H3. The summed E-state index contributed by atoms with van der Waals surface area (Å²) in [4.78, 5) is 14.0. The second-order valence-electron chi connectivity index (χ2n) is 6.59. The second kappa shape index (κ2) is 9.41. The van der Waals surface area contributed by atoms with Crippen LogP contribution in [0, 0.1) is 13.8 Å². The van der Waals surface area contributed by atoms with Gasteiger partial charge in [0.05, 0.1) is 5.75 Å². The third-order valence-electron chi connectivity index (χ3n) is 4.09. The third kappa shape index (κ3) is 5.85. The molecule has 0 atom stereocenters. The number of carbonyl (C=O) groups is 1. The van der Waals surface area contributed by atoms with Gasteiger partial charge >= 0.3 is 0 Å². The minimum Gasteiger partial charge on any atom is -0.484 e. The lowest BCUT2D eigenvalue weighted by molar-refractivity contribution is -0.127. The Morgan fingerprint density at radius 1 is 1.11 bits per heavy atom. The average molecular weight is 398 g/mol. The molecule has 1 aromatic heterocycles. The first kappa shape index (κ1) is 19.9. The average Bonchev–Trinajstić information content (AvgIpc) is 3.14. The van der Waals surface area contributed by atoms with E-state index in [1.807, 2.05) is 62.4 Å². The molecule has 28 heavy (non-hydrogen) atoms. The largest absolute Gasteiger partial charge is 0.484 e. The molecule has 0 saturated carbocycles. The van der Waals surface area contributed by atoms with E-state index >= 15 is 0 Å². The van der Waals surface area contributed by atoms with Crippen molar-refractivity contribution < 1.29 is 13.9 Å². The highest BCUT2D eigenvalue weighted by Gasteiger charge is 2.13. The van der Waals surface area contributed by atoms with Crippen LogP contribution in [0.25, 0.3) is 0 Å². The van der Waals surface area contributed by atoms with Crippen molar-refractivity contribution in [3.8, 4) is 5.75 Å². The Labute approximate surface area is 168 Å². The molecule has 0 aliphatic carbocycles. The van der Waals surface area contributed by atoms with E-state index in [1.165, 1.54) is 17.3 Å². The lowest BCUT2D eigenvalue weighted by Crippen LogP contribution is -2.27. The fourth-order valence-corrected chi connectivity index (χ4v) is 3.22. The Morgan fingerprint density at radius 3 is 2.64 bits per heavy atom. The highest BCUT2D eigenvalue weighted by atomic mass is 32.2. The zero-order chi connectivity index (χ0) is 19.9. The van der Waals surface area contributed by atoms with Crippen LogP contribution in [0.5, 0.6) is 5.75 Å². The zero-order valence-electron chi connectivity index (χ0n) is 16.2. The summed E-state index contributed by atoms with van der Waals surface area (Å²) in [6, 6.07) is 15.9. The maximum atomic E-state index is 12.3. The molecule has 7 heteroatoms. The third-order valence-corrected chi connectivity index (χ3v) is 4.89. The van der Waals surface area contributed by atoms with Gasteiger partial charge in [-0.25, -0.2) is 0 Å². The number of rotatable bonds is 8. The van der Waals surface area contributed by atoms with E-state index in [2.05, 4.69) is 10.2 Å². The fourth-order valence-electron chi connectivity index (χ4n) is 2.49. The predicted molar refractivity (Wildman–Crippen MR) is 108 cm³/mol. The molecule has 2 aromatic carbocycles. The van der Waals surface area contributed by atoms with E-state index in [9.17, 15) is 4.79 Å². The molecule has 1 amide bonds. The van der Waals surface area contributed by atoms with Crippen LogP contribution < -0.4 is 4.74 Å². The van der Waals surface area contributed by atoms with Gasteiger partial charge < -0.3 is 14.1 Å². The Balaban J connectivity index is 1.45. The lowest BCUT2D eigenvalue weighted by atomic mass is 10.1. The van der Waals surface area contributed by atoms with Crippen LogP contribution in [-0.4, -0.2) is 33.8 Å². The molecule has 3 rings (SSSR count). The fraction of sp³-hybridized carbons (Fsp3) is 0.286. The molecule has 0 fully saturated rings. The van der Waals surface area contributed by atoms with Crippen molar-refractivity contribution in [1.29, 1.82) is 0 Å². The summed E-state index contributed by atoms with van der Waals surface area (Å²) in [5.41, 5.74) is 3.42. The monoisotopic (exact) mass is 397 g/mol. The van der Waals surface area contributed by atoms with E-state index in [0.29, 0.717) is 17.7 Å². The van der Waals surface area contributed by atoms with Crippen molar-refractivity contribution in [3.05, 3.63) is 71.1 Å². The molecular weight excluding hydrogens is 374 g/mol.